The Kier molecular flexibility index (Phi) is 17.8. The lowest BCUT2D eigenvalue weighted by molar-refractivity contribution is 0.591. The second-order valence-corrected chi connectivity index (χ2v) is 3.01. The Bertz CT molecular complexity index is 122. The summed E-state index contributed by atoms with van der Waals surface area (Å²) in [6, 6.07) is 0. The SMILES string of the molecule is CN(C)C(=S)NCCCCN.Cl.Cl. The summed E-state index contributed by atoms with van der Waals surface area (Å²) in [5.41, 5.74) is 5.33. The number of hydrogen-bond donors (Lipinski definition) is 2. The van der Waals surface area contributed by atoms with Gasteiger partial charge in [-0.05, 0) is 31.6 Å². The minimum absolute atomic E-state index is 0. The number of hydrogen-bond acceptors (Lipinski definition) is 2. The van der Waals surface area contributed by atoms with Crippen LogP contribution in [0.2, 0.25) is 0 Å². The molecule has 0 saturated carbocycles. The van der Waals surface area contributed by atoms with E-state index in [4.69, 9.17) is 18.0 Å². The van der Waals surface area contributed by atoms with Crippen molar-refractivity contribution in [1.82, 2.24) is 10.2 Å². The molecule has 0 aromatic heterocycles. The summed E-state index contributed by atoms with van der Waals surface area (Å²) in [6.45, 7) is 1.69. The van der Waals surface area contributed by atoms with Gasteiger partial charge in [0.1, 0.15) is 0 Å². The van der Waals surface area contributed by atoms with Crippen LogP contribution >= 0.6 is 37.0 Å². The molecule has 0 bridgehead atoms. The van der Waals surface area contributed by atoms with E-state index in [0.29, 0.717) is 0 Å². The van der Waals surface area contributed by atoms with Gasteiger partial charge < -0.3 is 16.0 Å². The molecular weight excluding hydrogens is 229 g/mol. The van der Waals surface area contributed by atoms with Gasteiger partial charge in [0.05, 0.1) is 0 Å². The maximum absolute atomic E-state index is 5.33. The quantitative estimate of drug-likeness (QED) is 0.575. The van der Waals surface area contributed by atoms with Crippen LogP contribution in [0.5, 0.6) is 0 Å². The largest absolute Gasteiger partial charge is 0.363 e. The van der Waals surface area contributed by atoms with Crippen LogP contribution in [0.1, 0.15) is 12.8 Å². The highest BCUT2D eigenvalue weighted by molar-refractivity contribution is 7.80. The Labute approximate surface area is 98.2 Å². The molecule has 0 aliphatic carbocycles. The number of unbranched alkanes of at least 4 members (excludes halogenated alkanes) is 1. The fourth-order valence-corrected chi connectivity index (χ4v) is 0.725. The smallest absolute Gasteiger partial charge is 0.168 e. The van der Waals surface area contributed by atoms with Gasteiger partial charge in [-0.3, -0.25) is 0 Å². The molecule has 3 nitrogen and oxygen atoms in total. The van der Waals surface area contributed by atoms with Gasteiger partial charge in [0.15, 0.2) is 5.11 Å². The summed E-state index contributed by atoms with van der Waals surface area (Å²) in [5.74, 6) is 0. The van der Waals surface area contributed by atoms with Crippen molar-refractivity contribution in [2.75, 3.05) is 27.2 Å². The van der Waals surface area contributed by atoms with E-state index in [-0.39, 0.29) is 24.8 Å². The van der Waals surface area contributed by atoms with Crippen molar-refractivity contribution in [1.29, 1.82) is 0 Å². The van der Waals surface area contributed by atoms with Crippen molar-refractivity contribution in [2.45, 2.75) is 12.8 Å². The Hall–Kier alpha value is 0.230. The van der Waals surface area contributed by atoms with E-state index in [2.05, 4.69) is 5.32 Å². The Morgan fingerprint density at radius 3 is 2.23 bits per heavy atom. The normalized spacial score (nSPS) is 7.92. The van der Waals surface area contributed by atoms with Crippen LogP contribution in [0.15, 0.2) is 0 Å². The fourth-order valence-electron chi connectivity index (χ4n) is 0.623. The van der Waals surface area contributed by atoms with Gasteiger partial charge in [0.2, 0.25) is 0 Å². The molecule has 82 valence electrons. The van der Waals surface area contributed by atoms with Gasteiger partial charge in [0.25, 0.3) is 0 Å². The highest BCUT2D eigenvalue weighted by Gasteiger charge is 1.94. The molecule has 0 radical (unpaired) electrons. The minimum atomic E-state index is 0. The van der Waals surface area contributed by atoms with E-state index in [1.54, 1.807) is 0 Å². The first-order valence-electron chi connectivity index (χ1n) is 3.83. The van der Waals surface area contributed by atoms with Gasteiger partial charge in [0, 0.05) is 20.6 Å². The van der Waals surface area contributed by atoms with Gasteiger partial charge in [-0.1, -0.05) is 0 Å². The molecule has 0 rings (SSSR count). The summed E-state index contributed by atoms with van der Waals surface area (Å²) in [4.78, 5) is 1.89. The number of nitrogens with one attached hydrogen (secondary N) is 1. The number of halogens is 2. The number of rotatable bonds is 4. The molecular formula is C7H19Cl2N3S. The third-order valence-electron chi connectivity index (χ3n) is 1.31. The van der Waals surface area contributed by atoms with Gasteiger partial charge in [-0.15, -0.1) is 24.8 Å². The van der Waals surface area contributed by atoms with Crippen molar-refractivity contribution >= 4 is 42.1 Å². The van der Waals surface area contributed by atoms with E-state index in [9.17, 15) is 0 Å². The van der Waals surface area contributed by atoms with E-state index >= 15 is 0 Å². The molecule has 3 N–H and O–H groups in total. The summed E-state index contributed by atoms with van der Waals surface area (Å²) in [6.07, 6.45) is 2.15. The maximum atomic E-state index is 5.33. The zero-order valence-corrected chi connectivity index (χ0v) is 10.5. The van der Waals surface area contributed by atoms with Crippen LogP contribution in [0, 0.1) is 0 Å². The van der Waals surface area contributed by atoms with Gasteiger partial charge in [-0.25, -0.2) is 0 Å². The zero-order valence-electron chi connectivity index (χ0n) is 8.08. The maximum Gasteiger partial charge on any atom is 0.168 e. The fraction of sp³-hybridized carbons (Fsp3) is 0.857. The molecule has 0 spiro atoms. The summed E-state index contributed by atoms with van der Waals surface area (Å²) >= 11 is 5.01. The van der Waals surface area contributed by atoms with Crippen LogP contribution < -0.4 is 11.1 Å². The number of nitrogens with zero attached hydrogens (tertiary/aromatic N) is 1. The van der Waals surface area contributed by atoms with E-state index in [1.165, 1.54) is 0 Å². The van der Waals surface area contributed by atoms with Gasteiger partial charge >= 0.3 is 0 Å². The standard InChI is InChI=1S/C7H17N3S.2ClH/c1-10(2)7(11)9-6-4-3-5-8;;/h3-6,8H2,1-2H3,(H,9,11);2*1H. The van der Waals surface area contributed by atoms with Gasteiger partial charge in [-0.2, -0.15) is 0 Å². The third-order valence-corrected chi connectivity index (χ3v) is 1.82. The van der Waals surface area contributed by atoms with E-state index < -0.39 is 0 Å². The summed E-state index contributed by atoms with van der Waals surface area (Å²) in [5, 5.41) is 3.91. The van der Waals surface area contributed by atoms with Crippen LogP contribution in [-0.4, -0.2) is 37.2 Å². The first kappa shape index (κ1) is 18.9. The monoisotopic (exact) mass is 247 g/mol. The second kappa shape index (κ2) is 12.2. The Balaban J connectivity index is -0.000000500. The molecule has 0 fully saturated rings. The van der Waals surface area contributed by atoms with E-state index in [0.717, 1.165) is 31.0 Å². The molecule has 0 unspecified atom stereocenters. The molecule has 0 aliphatic heterocycles. The Morgan fingerprint density at radius 2 is 1.85 bits per heavy atom. The van der Waals surface area contributed by atoms with Crippen molar-refractivity contribution in [3.05, 3.63) is 0 Å². The topological polar surface area (TPSA) is 41.3 Å². The van der Waals surface area contributed by atoms with Crippen molar-refractivity contribution in [3.8, 4) is 0 Å². The average Bonchev–Trinajstić information content (AvgIpc) is 1.97. The van der Waals surface area contributed by atoms with Crippen LogP contribution in [0.4, 0.5) is 0 Å². The molecule has 0 atom stereocenters. The first-order valence-corrected chi connectivity index (χ1v) is 4.24. The van der Waals surface area contributed by atoms with Crippen LogP contribution in [0.3, 0.4) is 0 Å². The Morgan fingerprint density at radius 1 is 1.31 bits per heavy atom. The lowest BCUT2D eigenvalue weighted by Crippen LogP contribution is -2.34. The molecule has 0 amide bonds. The van der Waals surface area contributed by atoms with Crippen molar-refractivity contribution in [3.63, 3.8) is 0 Å². The molecule has 0 aliphatic rings. The minimum Gasteiger partial charge on any atom is -0.363 e. The summed E-state index contributed by atoms with van der Waals surface area (Å²) in [7, 11) is 3.86. The van der Waals surface area contributed by atoms with Crippen LogP contribution in [-0.2, 0) is 0 Å². The molecule has 0 heterocycles. The molecule has 0 aromatic carbocycles. The zero-order chi connectivity index (χ0) is 8.69. The third kappa shape index (κ3) is 12.2. The average molecular weight is 248 g/mol. The molecule has 13 heavy (non-hydrogen) atoms. The number of nitrogens with two attached hydrogens (primary N) is 1. The van der Waals surface area contributed by atoms with Crippen molar-refractivity contribution < 1.29 is 0 Å². The first-order chi connectivity index (χ1) is 5.18. The molecule has 0 aromatic rings. The van der Waals surface area contributed by atoms with E-state index in [1.807, 2.05) is 19.0 Å². The predicted molar refractivity (Wildman–Crippen MR) is 67.1 cm³/mol. The summed E-state index contributed by atoms with van der Waals surface area (Å²) < 4.78 is 0. The number of thiocarbonyl (C=S) groups is 1. The lowest BCUT2D eigenvalue weighted by atomic mass is 10.3. The lowest BCUT2D eigenvalue weighted by Gasteiger charge is -2.14. The predicted octanol–water partition coefficient (Wildman–Crippen LogP) is 1.00. The molecule has 6 heteroatoms. The highest BCUT2D eigenvalue weighted by Crippen LogP contribution is 1.84. The van der Waals surface area contributed by atoms with Crippen molar-refractivity contribution in [2.24, 2.45) is 5.73 Å². The van der Waals surface area contributed by atoms with Crippen LogP contribution in [0.25, 0.3) is 0 Å². The highest BCUT2D eigenvalue weighted by atomic mass is 35.5. The molecule has 0 saturated heterocycles. The second-order valence-electron chi connectivity index (χ2n) is 2.62.